The fraction of sp³-hybridized carbons (Fsp3) is 0.348. The monoisotopic (exact) mass is 440 g/mol. The zero-order chi connectivity index (χ0) is 22.5. The van der Waals surface area contributed by atoms with E-state index in [2.05, 4.69) is 5.32 Å². The van der Waals surface area contributed by atoms with Gasteiger partial charge in [0, 0.05) is 24.7 Å². The van der Waals surface area contributed by atoms with Crippen LogP contribution in [0.25, 0.3) is 0 Å². The molecule has 0 saturated carbocycles. The van der Waals surface area contributed by atoms with Gasteiger partial charge in [0.15, 0.2) is 18.1 Å². The number of hydrogen-bond acceptors (Lipinski definition) is 7. The minimum Gasteiger partial charge on any atom is -0.497 e. The smallest absolute Gasteiger partial charge is 0.311 e. The number of methoxy groups -OCH3 is 1. The molecular weight excluding hydrogens is 416 g/mol. The molecule has 1 saturated heterocycles. The van der Waals surface area contributed by atoms with E-state index in [1.165, 1.54) is 4.90 Å². The first-order valence-corrected chi connectivity index (χ1v) is 10.3. The summed E-state index contributed by atoms with van der Waals surface area (Å²) >= 11 is 0. The third-order valence-electron chi connectivity index (χ3n) is 5.26. The molecule has 0 bridgehead atoms. The number of carbonyl (C=O) groups is 3. The van der Waals surface area contributed by atoms with E-state index in [1.54, 1.807) is 37.4 Å². The van der Waals surface area contributed by atoms with Crippen molar-refractivity contribution in [2.24, 2.45) is 5.92 Å². The number of ether oxygens (including phenoxy) is 4. The van der Waals surface area contributed by atoms with Crippen LogP contribution in [0, 0.1) is 5.92 Å². The van der Waals surface area contributed by atoms with Gasteiger partial charge in [0.1, 0.15) is 18.5 Å². The van der Waals surface area contributed by atoms with Crippen molar-refractivity contribution in [3.05, 3.63) is 48.5 Å². The molecule has 0 aliphatic carbocycles. The van der Waals surface area contributed by atoms with Crippen LogP contribution in [-0.4, -0.2) is 57.3 Å². The van der Waals surface area contributed by atoms with Crippen LogP contribution in [-0.2, 0) is 19.1 Å². The van der Waals surface area contributed by atoms with Crippen LogP contribution in [0.2, 0.25) is 0 Å². The number of benzene rings is 2. The molecule has 168 valence electrons. The minimum atomic E-state index is -0.631. The lowest BCUT2D eigenvalue weighted by Crippen LogP contribution is -2.42. The first-order chi connectivity index (χ1) is 15.5. The Morgan fingerprint density at radius 3 is 2.78 bits per heavy atom. The number of rotatable bonds is 7. The van der Waals surface area contributed by atoms with Gasteiger partial charge in [0.2, 0.25) is 5.91 Å². The quantitative estimate of drug-likeness (QED) is 0.652. The third-order valence-corrected chi connectivity index (χ3v) is 5.26. The largest absolute Gasteiger partial charge is 0.497 e. The van der Waals surface area contributed by atoms with Gasteiger partial charge in [-0.15, -0.1) is 0 Å². The van der Waals surface area contributed by atoms with Crippen LogP contribution < -0.4 is 24.4 Å². The first-order valence-electron chi connectivity index (χ1n) is 10.3. The lowest BCUT2D eigenvalue weighted by molar-refractivity contribution is -0.152. The SMILES string of the molecule is COc1cccc(N2CC(C(=O)OCC(=O)NCC3COc4ccccc4O3)CC2=O)c1. The average molecular weight is 440 g/mol. The molecule has 2 aliphatic heterocycles. The molecule has 0 aromatic heterocycles. The number of esters is 1. The molecule has 2 unspecified atom stereocenters. The van der Waals surface area contributed by atoms with Crippen molar-refractivity contribution < 1.29 is 33.3 Å². The highest BCUT2D eigenvalue weighted by Gasteiger charge is 2.36. The molecule has 0 radical (unpaired) electrons. The van der Waals surface area contributed by atoms with Crippen molar-refractivity contribution in [3.8, 4) is 17.2 Å². The average Bonchev–Trinajstić information content (AvgIpc) is 3.22. The Labute approximate surface area is 185 Å². The molecule has 2 atom stereocenters. The second kappa shape index (κ2) is 9.59. The molecule has 32 heavy (non-hydrogen) atoms. The molecule has 1 fully saturated rings. The maximum atomic E-state index is 12.4. The maximum absolute atomic E-state index is 12.4. The summed E-state index contributed by atoms with van der Waals surface area (Å²) in [6, 6.07) is 14.4. The van der Waals surface area contributed by atoms with Gasteiger partial charge < -0.3 is 29.2 Å². The highest BCUT2D eigenvalue weighted by molar-refractivity contribution is 5.99. The number of nitrogens with one attached hydrogen (secondary N) is 1. The topological polar surface area (TPSA) is 103 Å². The van der Waals surface area contributed by atoms with Crippen LogP contribution in [0.5, 0.6) is 17.2 Å². The molecule has 9 heteroatoms. The van der Waals surface area contributed by atoms with Gasteiger partial charge >= 0.3 is 5.97 Å². The Morgan fingerprint density at radius 1 is 1.16 bits per heavy atom. The van der Waals surface area contributed by atoms with Crippen molar-refractivity contribution in [3.63, 3.8) is 0 Å². The number of carbonyl (C=O) groups excluding carboxylic acids is 3. The van der Waals surface area contributed by atoms with Gasteiger partial charge in [-0.1, -0.05) is 18.2 Å². The van der Waals surface area contributed by atoms with E-state index in [-0.39, 0.29) is 31.5 Å². The van der Waals surface area contributed by atoms with Gasteiger partial charge in [0.05, 0.1) is 19.6 Å². The Bertz CT molecular complexity index is 1010. The molecule has 0 spiro atoms. The molecule has 2 heterocycles. The summed E-state index contributed by atoms with van der Waals surface area (Å²) in [5.41, 5.74) is 0.652. The highest BCUT2D eigenvalue weighted by Crippen LogP contribution is 2.31. The fourth-order valence-corrected chi connectivity index (χ4v) is 3.59. The normalized spacial score (nSPS) is 19.4. The summed E-state index contributed by atoms with van der Waals surface area (Å²) in [7, 11) is 1.54. The second-order valence-corrected chi connectivity index (χ2v) is 7.52. The first kappa shape index (κ1) is 21.5. The lowest BCUT2D eigenvalue weighted by Gasteiger charge is -2.26. The Hall–Kier alpha value is -3.75. The summed E-state index contributed by atoms with van der Waals surface area (Å²) in [6.45, 7) is 0.295. The summed E-state index contributed by atoms with van der Waals surface area (Å²) in [6.07, 6.45) is -0.307. The van der Waals surface area contributed by atoms with Crippen LogP contribution in [0.1, 0.15) is 6.42 Å². The molecule has 2 aromatic rings. The van der Waals surface area contributed by atoms with E-state index in [9.17, 15) is 14.4 Å². The fourth-order valence-electron chi connectivity index (χ4n) is 3.59. The predicted molar refractivity (Wildman–Crippen MR) is 114 cm³/mol. The number of hydrogen-bond donors (Lipinski definition) is 1. The number of anilines is 1. The second-order valence-electron chi connectivity index (χ2n) is 7.52. The van der Waals surface area contributed by atoms with Crippen LogP contribution in [0.3, 0.4) is 0 Å². The van der Waals surface area contributed by atoms with Crippen LogP contribution in [0.4, 0.5) is 5.69 Å². The van der Waals surface area contributed by atoms with Crippen molar-refractivity contribution in [1.82, 2.24) is 5.32 Å². The number of amides is 2. The summed E-state index contributed by atoms with van der Waals surface area (Å²) in [5, 5.41) is 2.67. The molecule has 2 amide bonds. The number of nitrogens with zero attached hydrogens (tertiary/aromatic N) is 1. The van der Waals surface area contributed by atoms with Crippen molar-refractivity contribution in [2.75, 3.05) is 38.3 Å². The molecule has 9 nitrogen and oxygen atoms in total. The number of fused-ring (bicyclic) bond motifs is 1. The highest BCUT2D eigenvalue weighted by atomic mass is 16.6. The molecule has 2 aromatic carbocycles. The van der Waals surface area contributed by atoms with Crippen molar-refractivity contribution in [1.29, 1.82) is 0 Å². The zero-order valence-electron chi connectivity index (χ0n) is 17.6. The van der Waals surface area contributed by atoms with Gasteiger partial charge in [-0.2, -0.15) is 0 Å². The minimum absolute atomic E-state index is 0.0321. The maximum Gasteiger partial charge on any atom is 0.311 e. The number of para-hydroxylation sites is 2. The van der Waals surface area contributed by atoms with E-state index < -0.39 is 24.4 Å². The van der Waals surface area contributed by atoms with E-state index in [4.69, 9.17) is 18.9 Å². The molecule has 4 rings (SSSR count). The van der Waals surface area contributed by atoms with E-state index >= 15 is 0 Å². The van der Waals surface area contributed by atoms with Gasteiger partial charge in [-0.3, -0.25) is 14.4 Å². The van der Waals surface area contributed by atoms with Crippen molar-refractivity contribution in [2.45, 2.75) is 12.5 Å². The van der Waals surface area contributed by atoms with Crippen LogP contribution >= 0.6 is 0 Å². The van der Waals surface area contributed by atoms with Gasteiger partial charge in [-0.25, -0.2) is 0 Å². The van der Waals surface area contributed by atoms with Gasteiger partial charge in [-0.05, 0) is 24.3 Å². The summed E-state index contributed by atoms with van der Waals surface area (Å²) < 4.78 is 21.7. The Kier molecular flexibility index (Phi) is 6.44. The van der Waals surface area contributed by atoms with E-state index in [0.717, 1.165) is 0 Å². The molecule has 2 aliphatic rings. The summed E-state index contributed by atoms with van der Waals surface area (Å²) in [4.78, 5) is 38.4. The Morgan fingerprint density at radius 2 is 1.97 bits per heavy atom. The molecular formula is C23H24N2O7. The van der Waals surface area contributed by atoms with Crippen LogP contribution in [0.15, 0.2) is 48.5 Å². The predicted octanol–water partition coefficient (Wildman–Crippen LogP) is 1.55. The lowest BCUT2D eigenvalue weighted by atomic mass is 10.1. The van der Waals surface area contributed by atoms with Crippen molar-refractivity contribution >= 4 is 23.5 Å². The standard InChI is InChI=1S/C23H24N2O7/c1-29-17-6-4-5-16(10-17)25-12-15(9-22(25)27)23(28)31-14-21(26)24-11-18-13-30-19-7-2-3-8-20(19)32-18/h2-8,10,15,18H,9,11-14H2,1H3,(H,24,26). The van der Waals surface area contributed by atoms with E-state index in [1.807, 2.05) is 18.2 Å². The third kappa shape index (κ3) is 4.93. The molecule has 1 N–H and O–H groups in total. The summed E-state index contributed by atoms with van der Waals surface area (Å²) in [5.74, 6) is 0.0650. The van der Waals surface area contributed by atoms with E-state index in [0.29, 0.717) is 29.5 Å². The van der Waals surface area contributed by atoms with Gasteiger partial charge in [0.25, 0.3) is 5.91 Å². The Balaban J connectivity index is 1.21. The zero-order valence-corrected chi connectivity index (χ0v) is 17.6.